The maximum Gasteiger partial charge on any atom is 0.573 e. The molecule has 1 fully saturated rings. The average molecular weight is 272 g/mol. The smallest absolute Gasteiger partial charge is 0.406 e. The third-order valence-electron chi connectivity index (χ3n) is 3.82. The first-order valence-corrected chi connectivity index (χ1v) is 6.77. The number of hydrogen-bond acceptors (Lipinski definition) is 1. The Balaban J connectivity index is 1.88. The van der Waals surface area contributed by atoms with E-state index in [9.17, 15) is 13.2 Å². The van der Waals surface area contributed by atoms with Crippen LogP contribution in [0.3, 0.4) is 0 Å². The van der Waals surface area contributed by atoms with Gasteiger partial charge in [-0.05, 0) is 48.8 Å². The van der Waals surface area contributed by atoms with Crippen molar-refractivity contribution in [2.75, 3.05) is 0 Å². The summed E-state index contributed by atoms with van der Waals surface area (Å²) >= 11 is 0. The van der Waals surface area contributed by atoms with Crippen molar-refractivity contribution in [1.29, 1.82) is 0 Å². The SMILES string of the molecule is CC1CCC(Cc2ccc(OC(F)(F)F)cc2)CC1. The van der Waals surface area contributed by atoms with Crippen molar-refractivity contribution < 1.29 is 17.9 Å². The molecule has 1 saturated carbocycles. The Morgan fingerprint density at radius 3 is 2.16 bits per heavy atom. The quantitative estimate of drug-likeness (QED) is 0.756. The van der Waals surface area contributed by atoms with Crippen LogP contribution in [0.25, 0.3) is 0 Å². The van der Waals surface area contributed by atoms with Crippen LogP contribution in [-0.2, 0) is 6.42 Å². The highest BCUT2D eigenvalue weighted by Crippen LogP contribution is 2.31. The van der Waals surface area contributed by atoms with Crippen LogP contribution < -0.4 is 4.74 Å². The second-order valence-corrected chi connectivity index (χ2v) is 5.52. The lowest BCUT2D eigenvalue weighted by molar-refractivity contribution is -0.274. The molecule has 0 saturated heterocycles. The van der Waals surface area contributed by atoms with Crippen LogP contribution in [0, 0.1) is 11.8 Å². The molecule has 0 N–H and O–H groups in total. The summed E-state index contributed by atoms with van der Waals surface area (Å²) in [7, 11) is 0. The van der Waals surface area contributed by atoms with E-state index in [4.69, 9.17) is 0 Å². The van der Waals surface area contributed by atoms with Gasteiger partial charge in [0, 0.05) is 0 Å². The molecule has 1 nitrogen and oxygen atoms in total. The van der Waals surface area contributed by atoms with E-state index in [1.807, 2.05) is 0 Å². The Kier molecular flexibility index (Phi) is 4.38. The molecule has 0 heterocycles. The first-order valence-electron chi connectivity index (χ1n) is 6.77. The summed E-state index contributed by atoms with van der Waals surface area (Å²) in [5, 5.41) is 0. The second-order valence-electron chi connectivity index (χ2n) is 5.52. The number of hydrogen-bond donors (Lipinski definition) is 0. The molecule has 0 radical (unpaired) electrons. The average Bonchev–Trinajstić information content (AvgIpc) is 2.33. The first-order chi connectivity index (χ1) is 8.92. The van der Waals surface area contributed by atoms with Gasteiger partial charge in [0.1, 0.15) is 5.75 Å². The van der Waals surface area contributed by atoms with Crippen molar-refractivity contribution in [2.45, 2.75) is 45.4 Å². The molecule has 0 spiro atoms. The van der Waals surface area contributed by atoms with E-state index in [0.29, 0.717) is 5.92 Å². The van der Waals surface area contributed by atoms with Gasteiger partial charge in [0.05, 0.1) is 0 Å². The molecule has 0 aromatic heterocycles. The predicted octanol–water partition coefficient (Wildman–Crippen LogP) is 4.95. The maximum absolute atomic E-state index is 12.0. The van der Waals surface area contributed by atoms with Gasteiger partial charge in [-0.1, -0.05) is 31.9 Å². The zero-order valence-electron chi connectivity index (χ0n) is 11.0. The van der Waals surface area contributed by atoms with Crippen LogP contribution >= 0.6 is 0 Å². The number of alkyl halides is 3. The summed E-state index contributed by atoms with van der Waals surface area (Å²) in [5.41, 5.74) is 1.09. The van der Waals surface area contributed by atoms with Gasteiger partial charge in [0.25, 0.3) is 0 Å². The lowest BCUT2D eigenvalue weighted by Gasteiger charge is -2.26. The standard InChI is InChI=1S/C15H19F3O/c1-11-2-4-12(5-3-11)10-13-6-8-14(9-7-13)19-15(16,17)18/h6-9,11-12H,2-5,10H2,1H3. The Bertz CT molecular complexity index is 389. The number of ether oxygens (including phenoxy) is 1. The number of halogens is 3. The van der Waals surface area contributed by atoms with E-state index < -0.39 is 6.36 Å². The van der Waals surface area contributed by atoms with Gasteiger partial charge in [0.2, 0.25) is 0 Å². The summed E-state index contributed by atoms with van der Waals surface area (Å²) in [6.45, 7) is 2.28. The highest BCUT2D eigenvalue weighted by Gasteiger charge is 2.31. The van der Waals surface area contributed by atoms with Crippen LogP contribution in [0.5, 0.6) is 5.75 Å². The topological polar surface area (TPSA) is 9.23 Å². The van der Waals surface area contributed by atoms with E-state index >= 15 is 0 Å². The highest BCUT2D eigenvalue weighted by atomic mass is 19.4. The fourth-order valence-electron chi connectivity index (χ4n) is 2.69. The Morgan fingerprint density at radius 2 is 1.63 bits per heavy atom. The third-order valence-corrected chi connectivity index (χ3v) is 3.82. The summed E-state index contributed by atoms with van der Waals surface area (Å²) in [5.74, 6) is 1.35. The van der Waals surface area contributed by atoms with Crippen molar-refractivity contribution in [3.63, 3.8) is 0 Å². The zero-order valence-corrected chi connectivity index (χ0v) is 11.0. The molecule has 106 valence electrons. The van der Waals surface area contributed by atoms with Gasteiger partial charge in [-0.25, -0.2) is 0 Å². The van der Waals surface area contributed by atoms with E-state index in [1.165, 1.54) is 37.8 Å². The molecule has 19 heavy (non-hydrogen) atoms. The summed E-state index contributed by atoms with van der Waals surface area (Å²) < 4.78 is 39.9. The van der Waals surface area contributed by atoms with Crippen LogP contribution in [0.1, 0.15) is 38.2 Å². The maximum atomic E-state index is 12.0. The summed E-state index contributed by atoms with van der Waals surface area (Å²) in [4.78, 5) is 0. The van der Waals surface area contributed by atoms with Crippen molar-refractivity contribution >= 4 is 0 Å². The largest absolute Gasteiger partial charge is 0.573 e. The lowest BCUT2D eigenvalue weighted by atomic mass is 9.80. The van der Waals surface area contributed by atoms with Gasteiger partial charge in [0.15, 0.2) is 0 Å². The van der Waals surface area contributed by atoms with Crippen molar-refractivity contribution in [3.8, 4) is 5.75 Å². The van der Waals surface area contributed by atoms with E-state index in [2.05, 4.69) is 11.7 Å². The lowest BCUT2D eigenvalue weighted by Crippen LogP contribution is -2.17. The molecule has 0 atom stereocenters. The van der Waals surface area contributed by atoms with Crippen LogP contribution in [0.2, 0.25) is 0 Å². The minimum Gasteiger partial charge on any atom is -0.406 e. The van der Waals surface area contributed by atoms with Crippen molar-refractivity contribution in [2.24, 2.45) is 11.8 Å². The van der Waals surface area contributed by atoms with Crippen LogP contribution in [0.15, 0.2) is 24.3 Å². The van der Waals surface area contributed by atoms with E-state index in [-0.39, 0.29) is 5.75 Å². The van der Waals surface area contributed by atoms with E-state index in [1.54, 1.807) is 12.1 Å². The zero-order chi connectivity index (χ0) is 13.9. The van der Waals surface area contributed by atoms with E-state index in [0.717, 1.165) is 17.9 Å². The number of benzene rings is 1. The van der Waals surface area contributed by atoms with Crippen molar-refractivity contribution in [1.82, 2.24) is 0 Å². The van der Waals surface area contributed by atoms with Crippen molar-refractivity contribution in [3.05, 3.63) is 29.8 Å². The molecular formula is C15H19F3O. The Hall–Kier alpha value is -1.19. The monoisotopic (exact) mass is 272 g/mol. The summed E-state index contributed by atoms with van der Waals surface area (Å²) in [6, 6.07) is 6.26. The highest BCUT2D eigenvalue weighted by molar-refractivity contribution is 5.27. The molecular weight excluding hydrogens is 253 g/mol. The van der Waals surface area contributed by atoms with Gasteiger partial charge in [-0.15, -0.1) is 13.2 Å². The molecule has 1 aliphatic rings. The molecule has 2 rings (SSSR count). The third kappa shape index (κ3) is 4.77. The van der Waals surface area contributed by atoms with Gasteiger partial charge < -0.3 is 4.74 Å². The fourth-order valence-corrected chi connectivity index (χ4v) is 2.69. The molecule has 0 aliphatic heterocycles. The van der Waals surface area contributed by atoms with Gasteiger partial charge in [-0.2, -0.15) is 0 Å². The molecule has 0 bridgehead atoms. The molecule has 4 heteroatoms. The van der Waals surface area contributed by atoms with Crippen LogP contribution in [0.4, 0.5) is 13.2 Å². The van der Waals surface area contributed by atoms with Crippen LogP contribution in [-0.4, -0.2) is 6.36 Å². The molecule has 0 unspecified atom stereocenters. The Labute approximate surface area is 111 Å². The summed E-state index contributed by atoms with van der Waals surface area (Å²) in [6.07, 6.45) is 1.32. The predicted molar refractivity (Wildman–Crippen MR) is 68.0 cm³/mol. The minimum atomic E-state index is -4.61. The molecule has 1 aromatic carbocycles. The minimum absolute atomic E-state index is 0.145. The van der Waals surface area contributed by atoms with Gasteiger partial charge >= 0.3 is 6.36 Å². The van der Waals surface area contributed by atoms with Gasteiger partial charge in [-0.3, -0.25) is 0 Å². The normalized spacial score (nSPS) is 24.2. The fraction of sp³-hybridized carbons (Fsp3) is 0.600. The molecule has 0 amide bonds. The molecule has 1 aromatic rings. The first kappa shape index (κ1) is 14.2. The molecule has 1 aliphatic carbocycles. The number of rotatable bonds is 3. The second kappa shape index (κ2) is 5.85. The Morgan fingerprint density at radius 1 is 1.05 bits per heavy atom.